The molecule has 0 saturated heterocycles. The number of benzene rings is 1. The molecule has 0 saturated carbocycles. The van der Waals surface area contributed by atoms with E-state index in [4.69, 9.17) is 9.47 Å². The fourth-order valence-corrected chi connectivity index (χ4v) is 2.80. The van der Waals surface area contributed by atoms with Gasteiger partial charge in [-0.15, -0.1) is 24.0 Å². The van der Waals surface area contributed by atoms with Gasteiger partial charge in [-0.1, -0.05) is 18.2 Å². The predicted octanol–water partition coefficient (Wildman–Crippen LogP) is 2.82. The molecule has 9 heteroatoms. The summed E-state index contributed by atoms with van der Waals surface area (Å²) in [6.07, 6.45) is 6.40. The number of hydrogen-bond donors (Lipinski definition) is 2. The van der Waals surface area contributed by atoms with E-state index in [9.17, 15) is 0 Å². The van der Waals surface area contributed by atoms with Crippen LogP contribution < -0.4 is 15.4 Å². The Balaban J connectivity index is 0.00000341. The molecule has 8 nitrogen and oxygen atoms in total. The minimum Gasteiger partial charge on any atom is -0.475 e. The lowest BCUT2D eigenvalue weighted by molar-refractivity contribution is 0.143. The molecule has 0 aliphatic carbocycles. The zero-order valence-electron chi connectivity index (χ0n) is 17.8. The van der Waals surface area contributed by atoms with Gasteiger partial charge < -0.3 is 20.1 Å². The highest BCUT2D eigenvalue weighted by Gasteiger charge is 2.02. The van der Waals surface area contributed by atoms with Crippen LogP contribution in [0.25, 0.3) is 5.69 Å². The Morgan fingerprint density at radius 2 is 1.87 bits per heavy atom. The lowest BCUT2D eigenvalue weighted by Gasteiger charge is -2.12. The van der Waals surface area contributed by atoms with Gasteiger partial charge in [-0.25, -0.2) is 9.67 Å². The van der Waals surface area contributed by atoms with Crippen LogP contribution in [0.3, 0.4) is 0 Å². The molecule has 0 unspecified atom stereocenters. The third-order valence-corrected chi connectivity index (χ3v) is 4.43. The van der Waals surface area contributed by atoms with Gasteiger partial charge in [0.2, 0.25) is 5.88 Å². The number of guanidine groups is 1. The number of rotatable bonds is 10. The Morgan fingerprint density at radius 3 is 2.52 bits per heavy atom. The third kappa shape index (κ3) is 8.18. The van der Waals surface area contributed by atoms with Gasteiger partial charge in [-0.05, 0) is 35.7 Å². The van der Waals surface area contributed by atoms with Crippen LogP contribution in [-0.4, -0.2) is 54.6 Å². The van der Waals surface area contributed by atoms with E-state index in [1.807, 2.05) is 29.1 Å². The van der Waals surface area contributed by atoms with Gasteiger partial charge in [-0.3, -0.25) is 4.99 Å². The summed E-state index contributed by atoms with van der Waals surface area (Å²) >= 11 is 0. The molecule has 166 valence electrons. The summed E-state index contributed by atoms with van der Waals surface area (Å²) in [5, 5.41) is 10.9. The second-order valence-corrected chi connectivity index (χ2v) is 6.57. The topological polar surface area (TPSA) is 85.6 Å². The van der Waals surface area contributed by atoms with Crippen molar-refractivity contribution in [2.75, 3.05) is 33.9 Å². The van der Waals surface area contributed by atoms with E-state index in [0.29, 0.717) is 25.6 Å². The van der Waals surface area contributed by atoms with Crippen LogP contribution in [0, 0.1) is 0 Å². The SMILES string of the molecule is CN=C(NCCc1ccc(-n2cccn2)cc1)NCc1ccc(OCCOC)nc1.I. The number of pyridine rings is 1. The van der Waals surface area contributed by atoms with Gasteiger partial charge >= 0.3 is 0 Å². The average Bonchev–Trinajstić information content (AvgIpc) is 3.33. The fourth-order valence-electron chi connectivity index (χ4n) is 2.80. The standard InChI is InChI=1S/C22H28N6O2.HI/c1-23-22(26-17-19-6-9-21(25-16-19)30-15-14-29-2)24-12-10-18-4-7-20(8-5-18)28-13-3-11-27-28;/h3-9,11,13,16H,10,12,14-15,17H2,1-2H3,(H2,23,24,26);1H. The maximum absolute atomic E-state index is 5.47. The minimum atomic E-state index is 0. The van der Waals surface area contributed by atoms with Crippen LogP contribution in [0.5, 0.6) is 5.88 Å². The number of halogens is 1. The van der Waals surface area contributed by atoms with Crippen LogP contribution >= 0.6 is 24.0 Å². The van der Waals surface area contributed by atoms with Crippen molar-refractivity contribution in [3.8, 4) is 11.6 Å². The first-order valence-corrected chi connectivity index (χ1v) is 9.88. The van der Waals surface area contributed by atoms with E-state index in [0.717, 1.165) is 30.2 Å². The number of nitrogens with one attached hydrogen (secondary N) is 2. The zero-order chi connectivity index (χ0) is 21.0. The van der Waals surface area contributed by atoms with Crippen LogP contribution in [0.2, 0.25) is 0 Å². The number of ether oxygens (including phenoxy) is 2. The van der Waals surface area contributed by atoms with Crippen LogP contribution in [0.4, 0.5) is 0 Å². The minimum absolute atomic E-state index is 0. The maximum atomic E-state index is 5.47. The first-order valence-electron chi connectivity index (χ1n) is 9.88. The van der Waals surface area contributed by atoms with E-state index in [1.165, 1.54) is 5.56 Å². The molecule has 0 aliphatic heterocycles. The van der Waals surface area contributed by atoms with Crippen molar-refractivity contribution in [3.63, 3.8) is 0 Å². The molecule has 2 N–H and O–H groups in total. The summed E-state index contributed by atoms with van der Waals surface area (Å²) < 4.78 is 12.3. The van der Waals surface area contributed by atoms with Gasteiger partial charge in [0.1, 0.15) is 6.61 Å². The van der Waals surface area contributed by atoms with Gasteiger partial charge in [0.25, 0.3) is 0 Å². The van der Waals surface area contributed by atoms with Crippen molar-refractivity contribution >= 4 is 29.9 Å². The highest BCUT2D eigenvalue weighted by molar-refractivity contribution is 14.0. The van der Waals surface area contributed by atoms with Crippen LogP contribution in [0.1, 0.15) is 11.1 Å². The monoisotopic (exact) mass is 536 g/mol. The summed E-state index contributed by atoms with van der Waals surface area (Å²) in [5.41, 5.74) is 3.35. The molecule has 31 heavy (non-hydrogen) atoms. The summed E-state index contributed by atoms with van der Waals surface area (Å²) in [6, 6.07) is 14.1. The number of aromatic nitrogens is 3. The molecule has 0 spiro atoms. The molecular weight excluding hydrogens is 507 g/mol. The Bertz CT molecular complexity index is 899. The molecule has 1 aromatic carbocycles. The first-order chi connectivity index (χ1) is 14.8. The summed E-state index contributed by atoms with van der Waals surface area (Å²) in [7, 11) is 3.41. The number of nitrogens with zero attached hydrogens (tertiary/aromatic N) is 4. The lowest BCUT2D eigenvalue weighted by Crippen LogP contribution is -2.37. The second kappa shape index (κ2) is 13.6. The Labute approximate surface area is 200 Å². The highest BCUT2D eigenvalue weighted by Crippen LogP contribution is 2.09. The lowest BCUT2D eigenvalue weighted by atomic mass is 10.1. The largest absolute Gasteiger partial charge is 0.475 e. The van der Waals surface area contributed by atoms with Crippen molar-refractivity contribution in [3.05, 3.63) is 72.2 Å². The predicted molar refractivity (Wildman–Crippen MR) is 132 cm³/mol. The number of aliphatic imine (C=N–C) groups is 1. The second-order valence-electron chi connectivity index (χ2n) is 6.57. The van der Waals surface area contributed by atoms with E-state index in [1.54, 1.807) is 26.6 Å². The average molecular weight is 536 g/mol. The molecule has 0 atom stereocenters. The summed E-state index contributed by atoms with van der Waals surface area (Å²) in [4.78, 5) is 8.57. The van der Waals surface area contributed by atoms with Crippen LogP contribution in [-0.2, 0) is 17.7 Å². The Morgan fingerprint density at radius 1 is 1.06 bits per heavy atom. The van der Waals surface area contributed by atoms with E-state index in [-0.39, 0.29) is 24.0 Å². The van der Waals surface area contributed by atoms with Gasteiger partial charge in [-0.2, -0.15) is 5.10 Å². The van der Waals surface area contributed by atoms with Crippen molar-refractivity contribution in [1.29, 1.82) is 0 Å². The number of methoxy groups -OCH3 is 1. The van der Waals surface area contributed by atoms with Gasteiger partial charge in [0.15, 0.2) is 5.96 Å². The molecule has 0 radical (unpaired) electrons. The van der Waals surface area contributed by atoms with Gasteiger partial charge in [0.05, 0.1) is 12.3 Å². The molecule has 2 aromatic heterocycles. The zero-order valence-corrected chi connectivity index (χ0v) is 20.2. The molecule has 0 fully saturated rings. The van der Waals surface area contributed by atoms with Gasteiger partial charge in [0, 0.05) is 51.9 Å². The molecular formula is C22H29IN6O2. The molecule has 0 bridgehead atoms. The number of hydrogen-bond acceptors (Lipinski definition) is 5. The molecule has 0 amide bonds. The van der Waals surface area contributed by atoms with Crippen LogP contribution in [0.15, 0.2) is 66.0 Å². The quantitative estimate of drug-likeness (QED) is 0.180. The van der Waals surface area contributed by atoms with Crippen molar-refractivity contribution < 1.29 is 9.47 Å². The summed E-state index contributed by atoms with van der Waals surface area (Å²) in [5.74, 6) is 1.35. The summed E-state index contributed by atoms with van der Waals surface area (Å²) in [6.45, 7) is 2.44. The van der Waals surface area contributed by atoms with Crippen molar-refractivity contribution in [2.24, 2.45) is 4.99 Å². The van der Waals surface area contributed by atoms with Crippen molar-refractivity contribution in [2.45, 2.75) is 13.0 Å². The fraction of sp³-hybridized carbons (Fsp3) is 0.318. The molecule has 0 aliphatic rings. The molecule has 3 rings (SSSR count). The maximum Gasteiger partial charge on any atom is 0.213 e. The van der Waals surface area contributed by atoms with E-state index >= 15 is 0 Å². The molecule has 3 aromatic rings. The smallest absolute Gasteiger partial charge is 0.213 e. The Hall–Kier alpha value is -2.66. The van der Waals surface area contributed by atoms with Crippen molar-refractivity contribution in [1.82, 2.24) is 25.4 Å². The van der Waals surface area contributed by atoms with E-state index < -0.39 is 0 Å². The Kier molecular flexibility index (Phi) is 10.8. The molecule has 2 heterocycles. The first kappa shape index (κ1) is 24.6. The van der Waals surface area contributed by atoms with E-state index in [2.05, 4.69) is 50.0 Å². The highest BCUT2D eigenvalue weighted by atomic mass is 127. The third-order valence-electron chi connectivity index (χ3n) is 4.43. The normalized spacial score (nSPS) is 11.0.